The average Bonchev–Trinajstić information content (AvgIpc) is 2.41. The lowest BCUT2D eigenvalue weighted by molar-refractivity contribution is 0.00967. The second-order valence-electron chi connectivity index (χ2n) is 7.00. The summed E-state index contributed by atoms with van der Waals surface area (Å²) in [6, 6.07) is 0.574. The number of aliphatic hydroxyl groups is 1. The van der Waals surface area contributed by atoms with Gasteiger partial charge in [0.15, 0.2) is 0 Å². The number of nitrogens with zero attached hydrogens (tertiary/aromatic N) is 1. The van der Waals surface area contributed by atoms with Gasteiger partial charge in [-0.2, -0.15) is 0 Å². The fourth-order valence-electron chi connectivity index (χ4n) is 2.61. The first-order chi connectivity index (χ1) is 9.83. The molecule has 2 atom stereocenters. The Kier molecular flexibility index (Phi) is 7.46. The zero-order valence-electron chi connectivity index (χ0n) is 14.0. The second kappa shape index (κ2) is 8.59. The summed E-state index contributed by atoms with van der Waals surface area (Å²) in [5.41, 5.74) is -0.444. The van der Waals surface area contributed by atoms with E-state index < -0.39 is 5.60 Å². The van der Waals surface area contributed by atoms with E-state index in [-0.39, 0.29) is 18.7 Å². The van der Waals surface area contributed by atoms with E-state index in [1.54, 1.807) is 0 Å². The molecule has 1 saturated heterocycles. The molecule has 1 amide bonds. The van der Waals surface area contributed by atoms with Crippen LogP contribution in [0.1, 0.15) is 59.8 Å². The highest BCUT2D eigenvalue weighted by molar-refractivity contribution is 5.68. The number of hydrogen-bond donors (Lipinski definition) is 2. The van der Waals surface area contributed by atoms with E-state index in [1.165, 1.54) is 0 Å². The third kappa shape index (κ3) is 7.14. The SMILES string of the molecule is CC(CCCO)NCC1CCCCN1C(=O)OC(C)(C)C. The molecule has 0 aromatic carbocycles. The Morgan fingerprint density at radius 1 is 1.43 bits per heavy atom. The molecule has 1 aliphatic heterocycles. The highest BCUT2D eigenvalue weighted by atomic mass is 16.6. The smallest absolute Gasteiger partial charge is 0.410 e. The maximum Gasteiger partial charge on any atom is 0.410 e. The first-order valence-electron chi connectivity index (χ1n) is 8.17. The van der Waals surface area contributed by atoms with E-state index in [9.17, 15) is 4.79 Å². The lowest BCUT2D eigenvalue weighted by atomic mass is 10.0. The van der Waals surface area contributed by atoms with E-state index >= 15 is 0 Å². The van der Waals surface area contributed by atoms with Crippen LogP contribution >= 0.6 is 0 Å². The number of carbonyl (C=O) groups is 1. The first kappa shape index (κ1) is 18.2. The standard InChI is InChI=1S/C16H32N2O3/c1-13(8-7-11-19)17-12-14-9-5-6-10-18(14)15(20)21-16(2,3)4/h13-14,17,19H,5-12H2,1-4H3. The molecule has 0 saturated carbocycles. The van der Waals surface area contributed by atoms with Crippen LogP contribution in [-0.2, 0) is 4.74 Å². The predicted octanol–water partition coefficient (Wildman–Crippen LogP) is 2.53. The molecule has 2 unspecified atom stereocenters. The van der Waals surface area contributed by atoms with Gasteiger partial charge in [-0.25, -0.2) is 4.79 Å². The highest BCUT2D eigenvalue weighted by Gasteiger charge is 2.30. The van der Waals surface area contributed by atoms with Crippen LogP contribution in [0.3, 0.4) is 0 Å². The zero-order valence-corrected chi connectivity index (χ0v) is 14.0. The van der Waals surface area contributed by atoms with E-state index in [2.05, 4.69) is 12.2 Å². The molecule has 5 heteroatoms. The zero-order chi connectivity index (χ0) is 15.9. The molecule has 0 aliphatic carbocycles. The van der Waals surface area contributed by atoms with Gasteiger partial charge in [0.25, 0.3) is 0 Å². The minimum Gasteiger partial charge on any atom is -0.444 e. The van der Waals surface area contributed by atoms with Crippen molar-refractivity contribution in [2.45, 2.75) is 77.5 Å². The maximum atomic E-state index is 12.3. The summed E-state index contributed by atoms with van der Waals surface area (Å²) in [4.78, 5) is 14.2. The van der Waals surface area contributed by atoms with Crippen molar-refractivity contribution < 1.29 is 14.6 Å². The van der Waals surface area contributed by atoms with Crippen molar-refractivity contribution in [1.29, 1.82) is 0 Å². The molecule has 0 aromatic heterocycles. The number of ether oxygens (including phenoxy) is 1. The summed E-state index contributed by atoms with van der Waals surface area (Å²) in [5.74, 6) is 0. The Morgan fingerprint density at radius 2 is 2.14 bits per heavy atom. The number of hydrogen-bond acceptors (Lipinski definition) is 4. The summed E-state index contributed by atoms with van der Waals surface area (Å²) < 4.78 is 5.51. The minimum atomic E-state index is -0.444. The average molecular weight is 300 g/mol. The number of amides is 1. The number of nitrogens with one attached hydrogen (secondary N) is 1. The second-order valence-corrected chi connectivity index (χ2v) is 7.00. The number of carbonyl (C=O) groups excluding carboxylic acids is 1. The van der Waals surface area contributed by atoms with Crippen molar-refractivity contribution in [1.82, 2.24) is 10.2 Å². The molecular weight excluding hydrogens is 268 g/mol. The van der Waals surface area contributed by atoms with E-state index in [0.29, 0.717) is 6.04 Å². The quantitative estimate of drug-likeness (QED) is 0.791. The number of likely N-dealkylation sites (tertiary alicyclic amines) is 1. The van der Waals surface area contributed by atoms with Crippen molar-refractivity contribution in [3.05, 3.63) is 0 Å². The Bertz CT molecular complexity index is 315. The molecule has 2 N–H and O–H groups in total. The molecular formula is C16H32N2O3. The van der Waals surface area contributed by atoms with Crippen molar-refractivity contribution in [3.8, 4) is 0 Å². The molecule has 1 fully saturated rings. The topological polar surface area (TPSA) is 61.8 Å². The summed E-state index contributed by atoms with van der Waals surface area (Å²) in [5, 5.41) is 12.3. The van der Waals surface area contributed by atoms with E-state index in [0.717, 1.165) is 45.2 Å². The van der Waals surface area contributed by atoms with Crippen molar-refractivity contribution in [2.24, 2.45) is 0 Å². The van der Waals surface area contributed by atoms with Gasteiger partial charge < -0.3 is 20.1 Å². The lowest BCUT2D eigenvalue weighted by Gasteiger charge is -2.37. The summed E-state index contributed by atoms with van der Waals surface area (Å²) in [7, 11) is 0. The molecule has 1 rings (SSSR count). The molecule has 0 spiro atoms. The fraction of sp³-hybridized carbons (Fsp3) is 0.938. The number of aliphatic hydroxyl groups excluding tert-OH is 1. The Hall–Kier alpha value is -0.810. The molecule has 1 heterocycles. The van der Waals surface area contributed by atoms with E-state index in [1.807, 2.05) is 25.7 Å². The van der Waals surface area contributed by atoms with Crippen LogP contribution in [0.5, 0.6) is 0 Å². The maximum absolute atomic E-state index is 12.3. The van der Waals surface area contributed by atoms with Gasteiger partial charge in [0, 0.05) is 31.8 Å². The number of piperidine rings is 1. The van der Waals surface area contributed by atoms with Gasteiger partial charge >= 0.3 is 6.09 Å². The van der Waals surface area contributed by atoms with Gasteiger partial charge in [-0.05, 0) is 59.8 Å². The van der Waals surface area contributed by atoms with Crippen LogP contribution in [0.2, 0.25) is 0 Å². The van der Waals surface area contributed by atoms with Crippen LogP contribution in [-0.4, -0.2) is 53.5 Å². The lowest BCUT2D eigenvalue weighted by Crippen LogP contribution is -2.51. The van der Waals surface area contributed by atoms with Gasteiger partial charge in [0.2, 0.25) is 0 Å². The largest absolute Gasteiger partial charge is 0.444 e. The molecule has 0 bridgehead atoms. The third-order valence-electron chi connectivity index (χ3n) is 3.75. The van der Waals surface area contributed by atoms with Gasteiger partial charge in [-0.15, -0.1) is 0 Å². The normalized spacial score (nSPS) is 21.2. The van der Waals surface area contributed by atoms with E-state index in [4.69, 9.17) is 9.84 Å². The fourth-order valence-corrected chi connectivity index (χ4v) is 2.61. The summed E-state index contributed by atoms with van der Waals surface area (Å²) >= 11 is 0. The van der Waals surface area contributed by atoms with Crippen LogP contribution in [0, 0.1) is 0 Å². The number of rotatable bonds is 6. The highest BCUT2D eigenvalue weighted by Crippen LogP contribution is 2.20. The first-order valence-corrected chi connectivity index (χ1v) is 8.17. The molecule has 0 aromatic rings. The molecule has 0 radical (unpaired) electrons. The summed E-state index contributed by atoms with van der Waals surface area (Å²) in [6.07, 6.45) is 4.81. The Balaban J connectivity index is 2.47. The van der Waals surface area contributed by atoms with Crippen LogP contribution in [0.4, 0.5) is 4.79 Å². The van der Waals surface area contributed by atoms with Crippen molar-refractivity contribution >= 4 is 6.09 Å². The van der Waals surface area contributed by atoms with Crippen LogP contribution in [0.15, 0.2) is 0 Å². The molecule has 124 valence electrons. The monoisotopic (exact) mass is 300 g/mol. The van der Waals surface area contributed by atoms with Crippen molar-refractivity contribution in [3.63, 3.8) is 0 Å². The Morgan fingerprint density at radius 3 is 2.76 bits per heavy atom. The van der Waals surface area contributed by atoms with Gasteiger partial charge in [0.05, 0.1) is 0 Å². The van der Waals surface area contributed by atoms with Gasteiger partial charge in [-0.1, -0.05) is 0 Å². The van der Waals surface area contributed by atoms with Gasteiger partial charge in [0.1, 0.15) is 5.60 Å². The van der Waals surface area contributed by atoms with Crippen molar-refractivity contribution in [2.75, 3.05) is 19.7 Å². The molecule has 1 aliphatic rings. The molecule has 21 heavy (non-hydrogen) atoms. The predicted molar refractivity (Wildman–Crippen MR) is 84.4 cm³/mol. The minimum absolute atomic E-state index is 0.197. The third-order valence-corrected chi connectivity index (χ3v) is 3.75. The van der Waals surface area contributed by atoms with Crippen LogP contribution in [0.25, 0.3) is 0 Å². The molecule has 5 nitrogen and oxygen atoms in total. The van der Waals surface area contributed by atoms with Crippen LogP contribution < -0.4 is 5.32 Å². The Labute approximate surface area is 129 Å². The van der Waals surface area contributed by atoms with Gasteiger partial charge in [-0.3, -0.25) is 0 Å². The summed E-state index contributed by atoms with van der Waals surface area (Å²) in [6.45, 7) is 9.64.